The topological polar surface area (TPSA) is 95.1 Å². The van der Waals surface area contributed by atoms with Crippen LogP contribution in [0, 0.1) is 5.82 Å². The molecule has 3 aromatic rings. The van der Waals surface area contributed by atoms with Crippen molar-refractivity contribution in [2.24, 2.45) is 0 Å². The van der Waals surface area contributed by atoms with Crippen LogP contribution in [0.2, 0.25) is 5.02 Å². The summed E-state index contributed by atoms with van der Waals surface area (Å²) in [6.45, 7) is -0.320. The van der Waals surface area contributed by atoms with E-state index in [1.54, 1.807) is 24.3 Å². The van der Waals surface area contributed by atoms with Crippen LogP contribution in [0.25, 0.3) is 0 Å². The minimum atomic E-state index is -4.20. The lowest BCUT2D eigenvalue weighted by Crippen LogP contribution is -2.42. The number of anilines is 2. The van der Waals surface area contributed by atoms with E-state index in [4.69, 9.17) is 11.6 Å². The quantitative estimate of drug-likeness (QED) is 0.448. The maximum Gasteiger partial charge on any atom is 0.264 e. The first-order valence-corrected chi connectivity index (χ1v) is 14.1. The molecular weight excluding hydrogens is 529 g/mol. The van der Waals surface area contributed by atoms with Gasteiger partial charge in [-0.25, -0.2) is 25.5 Å². The van der Waals surface area contributed by atoms with Crippen molar-refractivity contribution >= 4 is 48.9 Å². The number of nitrogens with zero attached hydrogens (tertiary/aromatic N) is 3. The molecule has 0 atom stereocenters. The van der Waals surface area contributed by atoms with Crippen LogP contribution in [-0.4, -0.2) is 54.2 Å². The normalized spacial score (nSPS) is 13.6. The molecule has 1 heterocycles. The lowest BCUT2D eigenvalue weighted by atomic mass is 10.2. The molecule has 1 amide bonds. The molecule has 0 aliphatic carbocycles. The Balaban J connectivity index is 1.69. The molecule has 12 heteroatoms. The zero-order valence-corrected chi connectivity index (χ0v) is 21.8. The van der Waals surface area contributed by atoms with Gasteiger partial charge in [0.05, 0.1) is 20.5 Å². The highest BCUT2D eigenvalue weighted by atomic mass is 35.5. The predicted octanol–water partition coefficient (Wildman–Crippen LogP) is 3.51. The van der Waals surface area contributed by atoms with Crippen LogP contribution in [-0.2, 0) is 31.3 Å². The van der Waals surface area contributed by atoms with Crippen molar-refractivity contribution in [2.45, 2.75) is 16.2 Å². The lowest BCUT2D eigenvalue weighted by Gasteiger charge is -2.27. The number of benzene rings is 3. The Kier molecular flexibility index (Phi) is 7.11. The predicted molar refractivity (Wildman–Crippen MR) is 136 cm³/mol. The molecule has 0 N–H and O–H groups in total. The molecule has 0 unspecified atom stereocenters. The molecule has 190 valence electrons. The summed E-state index contributed by atoms with van der Waals surface area (Å²) in [5, 5.41) is -0.283. The molecular formula is C24H23ClFN3O5S2. The second kappa shape index (κ2) is 9.81. The summed E-state index contributed by atoms with van der Waals surface area (Å²) >= 11 is 5.91. The van der Waals surface area contributed by atoms with E-state index >= 15 is 0 Å². The van der Waals surface area contributed by atoms with E-state index in [0.717, 1.165) is 20.7 Å². The molecule has 36 heavy (non-hydrogen) atoms. The molecule has 0 bridgehead atoms. The number of amides is 1. The Morgan fingerprint density at radius 3 is 2.28 bits per heavy atom. The zero-order valence-electron chi connectivity index (χ0n) is 19.4. The minimum absolute atomic E-state index is 0.0328. The van der Waals surface area contributed by atoms with Gasteiger partial charge >= 0.3 is 0 Å². The van der Waals surface area contributed by atoms with Gasteiger partial charge in [-0.15, -0.1) is 0 Å². The van der Waals surface area contributed by atoms with Gasteiger partial charge in [-0.3, -0.25) is 9.10 Å². The third kappa shape index (κ3) is 4.83. The monoisotopic (exact) mass is 551 g/mol. The highest BCUT2D eigenvalue weighted by Crippen LogP contribution is 2.33. The van der Waals surface area contributed by atoms with Crippen molar-refractivity contribution < 1.29 is 26.0 Å². The Bertz CT molecular complexity index is 1530. The van der Waals surface area contributed by atoms with Gasteiger partial charge in [0.25, 0.3) is 10.0 Å². The van der Waals surface area contributed by atoms with E-state index in [-0.39, 0.29) is 27.0 Å². The summed E-state index contributed by atoms with van der Waals surface area (Å²) in [5.74, 6) is -1.25. The van der Waals surface area contributed by atoms with E-state index < -0.39 is 38.3 Å². The van der Waals surface area contributed by atoms with Crippen molar-refractivity contribution in [1.82, 2.24) is 4.31 Å². The van der Waals surface area contributed by atoms with E-state index in [9.17, 15) is 26.0 Å². The Morgan fingerprint density at radius 2 is 1.64 bits per heavy atom. The van der Waals surface area contributed by atoms with Crippen molar-refractivity contribution in [2.75, 3.05) is 36.4 Å². The molecule has 4 rings (SSSR count). The van der Waals surface area contributed by atoms with E-state index in [1.807, 2.05) is 0 Å². The first-order chi connectivity index (χ1) is 16.9. The average Bonchev–Trinajstić information content (AvgIpc) is 3.28. The summed E-state index contributed by atoms with van der Waals surface area (Å²) in [5.41, 5.74) is 1.20. The maximum atomic E-state index is 13.8. The van der Waals surface area contributed by atoms with E-state index in [1.165, 1.54) is 49.3 Å². The minimum Gasteiger partial charge on any atom is -0.310 e. The van der Waals surface area contributed by atoms with Gasteiger partial charge in [0.1, 0.15) is 12.4 Å². The van der Waals surface area contributed by atoms with Crippen molar-refractivity contribution in [1.29, 1.82) is 0 Å². The summed E-state index contributed by atoms with van der Waals surface area (Å²) in [7, 11) is -4.99. The summed E-state index contributed by atoms with van der Waals surface area (Å²) in [6.07, 6.45) is 0.408. The van der Waals surface area contributed by atoms with Gasteiger partial charge in [0.15, 0.2) is 0 Å². The second-order valence-corrected chi connectivity index (χ2v) is 12.7. The number of halogens is 2. The molecule has 8 nitrogen and oxygen atoms in total. The molecule has 1 aliphatic heterocycles. The van der Waals surface area contributed by atoms with Crippen LogP contribution >= 0.6 is 11.6 Å². The molecule has 0 fully saturated rings. The molecule has 1 aliphatic rings. The van der Waals surface area contributed by atoms with Gasteiger partial charge < -0.3 is 4.90 Å². The zero-order chi connectivity index (χ0) is 26.3. The number of hydrogen-bond acceptors (Lipinski definition) is 5. The largest absolute Gasteiger partial charge is 0.310 e. The molecule has 0 radical (unpaired) electrons. The van der Waals surface area contributed by atoms with Gasteiger partial charge in [0.2, 0.25) is 15.9 Å². The van der Waals surface area contributed by atoms with Crippen molar-refractivity contribution in [3.05, 3.63) is 83.1 Å². The summed E-state index contributed by atoms with van der Waals surface area (Å²) < 4.78 is 67.7. The fourth-order valence-corrected chi connectivity index (χ4v) is 6.45. The van der Waals surface area contributed by atoms with Crippen LogP contribution in [0.3, 0.4) is 0 Å². The number of rotatable bonds is 7. The molecule has 0 saturated carbocycles. The van der Waals surface area contributed by atoms with Crippen LogP contribution < -0.4 is 9.21 Å². The third-order valence-corrected chi connectivity index (χ3v) is 9.72. The van der Waals surface area contributed by atoms with Gasteiger partial charge in [-0.1, -0.05) is 29.8 Å². The highest BCUT2D eigenvalue weighted by Gasteiger charge is 2.32. The number of hydrogen-bond donors (Lipinski definition) is 0. The first kappa shape index (κ1) is 26.1. The number of carbonyl (C=O) groups is 1. The second-order valence-electron chi connectivity index (χ2n) is 8.30. The van der Waals surface area contributed by atoms with Crippen LogP contribution in [0.15, 0.2) is 76.5 Å². The standard InChI is InChI=1S/C24H23ClFN3O5S2/c1-27(2)35(31,32)20-9-11-23-17(14-20)12-13-28(23)24(30)16-29(18-8-10-22(26)21(25)15-18)36(33,34)19-6-4-3-5-7-19/h3-11,14-15H,12-13,16H2,1-2H3. The molecule has 0 saturated heterocycles. The maximum absolute atomic E-state index is 13.8. The van der Waals surface area contributed by atoms with Gasteiger partial charge in [-0.05, 0) is 60.5 Å². The number of sulfonamides is 2. The molecule has 3 aromatic carbocycles. The number of fused-ring (bicyclic) bond motifs is 1. The molecule has 0 aromatic heterocycles. The summed E-state index contributed by atoms with van der Waals surface area (Å²) in [4.78, 5) is 14.9. The Labute approximate surface area is 214 Å². The third-order valence-electron chi connectivity index (χ3n) is 5.83. The van der Waals surface area contributed by atoms with E-state index in [2.05, 4.69) is 0 Å². The van der Waals surface area contributed by atoms with Crippen LogP contribution in [0.1, 0.15) is 5.56 Å². The average molecular weight is 552 g/mol. The SMILES string of the molecule is CN(C)S(=O)(=O)c1ccc2c(c1)CCN2C(=O)CN(c1ccc(F)c(Cl)c1)S(=O)(=O)c1ccccc1. The Morgan fingerprint density at radius 1 is 0.944 bits per heavy atom. The van der Waals surface area contributed by atoms with E-state index in [0.29, 0.717) is 17.7 Å². The summed E-state index contributed by atoms with van der Waals surface area (Å²) in [6, 6.07) is 15.5. The van der Waals surface area contributed by atoms with Crippen LogP contribution in [0.5, 0.6) is 0 Å². The fraction of sp³-hybridized carbons (Fsp3) is 0.208. The highest BCUT2D eigenvalue weighted by molar-refractivity contribution is 7.92. The Hall–Kier alpha value is -2.99. The smallest absolute Gasteiger partial charge is 0.264 e. The van der Waals surface area contributed by atoms with Crippen molar-refractivity contribution in [3.8, 4) is 0 Å². The number of carbonyl (C=O) groups excluding carboxylic acids is 1. The lowest BCUT2D eigenvalue weighted by molar-refractivity contribution is -0.117. The van der Waals surface area contributed by atoms with Gasteiger partial charge in [-0.2, -0.15) is 0 Å². The van der Waals surface area contributed by atoms with Crippen molar-refractivity contribution in [3.63, 3.8) is 0 Å². The first-order valence-electron chi connectivity index (χ1n) is 10.8. The molecule has 0 spiro atoms. The van der Waals surface area contributed by atoms with Gasteiger partial charge in [0, 0.05) is 26.3 Å². The van der Waals surface area contributed by atoms with Crippen LogP contribution in [0.4, 0.5) is 15.8 Å². The fourth-order valence-electron chi connectivity index (χ4n) is 3.89.